The summed E-state index contributed by atoms with van der Waals surface area (Å²) in [5.41, 5.74) is 10.4. The summed E-state index contributed by atoms with van der Waals surface area (Å²) in [5, 5.41) is 11.7. The normalized spacial score (nSPS) is 12.0. The molecular weight excluding hydrogens is 344 g/mol. The van der Waals surface area contributed by atoms with Crippen molar-refractivity contribution < 1.29 is 14.7 Å². The van der Waals surface area contributed by atoms with Crippen LogP contribution in [0.3, 0.4) is 0 Å². The molecule has 0 aromatic rings. The van der Waals surface area contributed by atoms with E-state index in [9.17, 15) is 9.59 Å². The van der Waals surface area contributed by atoms with E-state index in [1.54, 1.807) is 0 Å². The number of rotatable bonds is 17. The van der Waals surface area contributed by atoms with Crippen molar-refractivity contribution in [3.05, 3.63) is 12.2 Å². The van der Waals surface area contributed by atoms with Crippen LogP contribution in [-0.4, -0.2) is 35.5 Å². The monoisotopic (exact) mass is 382 g/mol. The maximum Gasteiger partial charge on any atom is 0.326 e. The Hall–Kier alpha value is -2.05. The predicted molar refractivity (Wildman–Crippen MR) is 110 cm³/mol. The molecular formula is C20H38N4O3. The molecule has 7 nitrogen and oxygen atoms in total. The van der Waals surface area contributed by atoms with Crippen LogP contribution < -0.4 is 16.8 Å². The molecule has 1 amide bonds. The van der Waals surface area contributed by atoms with Crippen LogP contribution in [0.15, 0.2) is 17.1 Å². The molecule has 0 aromatic carbocycles. The number of carboxylic acids is 1. The maximum absolute atomic E-state index is 11.9. The van der Waals surface area contributed by atoms with Gasteiger partial charge in [0.25, 0.3) is 0 Å². The molecule has 156 valence electrons. The van der Waals surface area contributed by atoms with Gasteiger partial charge in [0, 0.05) is 13.0 Å². The molecule has 0 aliphatic carbocycles. The van der Waals surface area contributed by atoms with Gasteiger partial charge in [-0.3, -0.25) is 9.79 Å². The van der Waals surface area contributed by atoms with Gasteiger partial charge in [-0.1, -0.05) is 51.2 Å². The fourth-order valence-corrected chi connectivity index (χ4v) is 2.67. The second-order valence-electron chi connectivity index (χ2n) is 6.83. The first-order valence-corrected chi connectivity index (χ1v) is 10.2. The summed E-state index contributed by atoms with van der Waals surface area (Å²) < 4.78 is 0. The number of aliphatic imine (C=N–C) groups is 1. The molecule has 6 N–H and O–H groups in total. The Morgan fingerprint density at radius 3 is 2.19 bits per heavy atom. The van der Waals surface area contributed by atoms with Crippen molar-refractivity contribution in [2.75, 3.05) is 6.54 Å². The van der Waals surface area contributed by atoms with Gasteiger partial charge in [-0.25, -0.2) is 4.79 Å². The number of carbonyl (C=O) groups excluding carboxylic acids is 1. The van der Waals surface area contributed by atoms with Gasteiger partial charge in [0.2, 0.25) is 5.91 Å². The van der Waals surface area contributed by atoms with Crippen molar-refractivity contribution in [3.8, 4) is 0 Å². The fraction of sp³-hybridized carbons (Fsp3) is 0.750. The molecule has 0 rings (SSSR count). The van der Waals surface area contributed by atoms with E-state index in [0.29, 0.717) is 6.42 Å². The summed E-state index contributed by atoms with van der Waals surface area (Å²) >= 11 is 0. The first-order valence-electron chi connectivity index (χ1n) is 10.2. The van der Waals surface area contributed by atoms with E-state index in [1.807, 2.05) is 0 Å². The molecule has 0 aliphatic heterocycles. The smallest absolute Gasteiger partial charge is 0.326 e. The number of unbranched alkanes of at least 4 members (excludes halogenated alkanes) is 8. The summed E-state index contributed by atoms with van der Waals surface area (Å²) in [7, 11) is 0. The Kier molecular flexibility index (Phi) is 16.0. The number of hydrogen-bond donors (Lipinski definition) is 4. The molecule has 0 aromatic heterocycles. The Bertz CT molecular complexity index is 460. The van der Waals surface area contributed by atoms with Crippen molar-refractivity contribution >= 4 is 17.8 Å². The average molecular weight is 383 g/mol. The second kappa shape index (κ2) is 17.4. The van der Waals surface area contributed by atoms with Crippen molar-refractivity contribution in [1.29, 1.82) is 0 Å². The zero-order valence-electron chi connectivity index (χ0n) is 16.8. The SMILES string of the molecule is CCCCC/C=C\CCCCCCCC(=O)N[C@@H](CCN=C(N)N)C(=O)O. The highest BCUT2D eigenvalue weighted by atomic mass is 16.4. The summed E-state index contributed by atoms with van der Waals surface area (Å²) in [5.74, 6) is -1.39. The molecule has 0 unspecified atom stereocenters. The lowest BCUT2D eigenvalue weighted by Gasteiger charge is -2.13. The van der Waals surface area contributed by atoms with Crippen LogP contribution in [0.25, 0.3) is 0 Å². The zero-order valence-corrected chi connectivity index (χ0v) is 16.8. The molecule has 0 bridgehead atoms. The first kappa shape index (κ1) is 24.9. The summed E-state index contributed by atoms with van der Waals surface area (Å²) in [6, 6.07) is -0.954. The number of guanidine groups is 1. The lowest BCUT2D eigenvalue weighted by Crippen LogP contribution is -2.41. The third-order valence-electron chi connectivity index (χ3n) is 4.26. The van der Waals surface area contributed by atoms with E-state index in [0.717, 1.165) is 32.1 Å². The molecule has 0 spiro atoms. The molecule has 27 heavy (non-hydrogen) atoms. The average Bonchev–Trinajstić information content (AvgIpc) is 2.61. The number of nitrogens with one attached hydrogen (secondary N) is 1. The number of aliphatic carboxylic acids is 1. The minimum Gasteiger partial charge on any atom is -0.480 e. The van der Waals surface area contributed by atoms with Crippen LogP contribution in [0.2, 0.25) is 0 Å². The van der Waals surface area contributed by atoms with Gasteiger partial charge in [-0.05, 0) is 38.5 Å². The third kappa shape index (κ3) is 17.1. The Morgan fingerprint density at radius 1 is 1.00 bits per heavy atom. The Balaban J connectivity index is 3.69. The van der Waals surface area contributed by atoms with Gasteiger partial charge in [-0.15, -0.1) is 0 Å². The molecule has 1 atom stereocenters. The van der Waals surface area contributed by atoms with Crippen LogP contribution >= 0.6 is 0 Å². The first-order chi connectivity index (χ1) is 13.0. The van der Waals surface area contributed by atoms with Crippen LogP contribution in [0.5, 0.6) is 0 Å². The minimum absolute atomic E-state index is 0.0857. The van der Waals surface area contributed by atoms with E-state index in [1.165, 1.54) is 32.1 Å². The molecule has 0 saturated carbocycles. The number of amides is 1. The Morgan fingerprint density at radius 2 is 1.59 bits per heavy atom. The van der Waals surface area contributed by atoms with Crippen molar-refractivity contribution in [3.63, 3.8) is 0 Å². The quantitative estimate of drug-likeness (QED) is 0.133. The van der Waals surface area contributed by atoms with E-state index in [2.05, 4.69) is 29.4 Å². The lowest BCUT2D eigenvalue weighted by atomic mass is 10.1. The molecule has 0 fully saturated rings. The zero-order chi connectivity index (χ0) is 20.3. The molecule has 0 saturated heterocycles. The number of carbonyl (C=O) groups is 2. The van der Waals surface area contributed by atoms with Crippen molar-refractivity contribution in [1.82, 2.24) is 5.32 Å². The topological polar surface area (TPSA) is 131 Å². The maximum atomic E-state index is 11.9. The van der Waals surface area contributed by atoms with Gasteiger partial charge in [-0.2, -0.15) is 0 Å². The molecule has 0 aliphatic rings. The van der Waals surface area contributed by atoms with Gasteiger partial charge in [0.15, 0.2) is 5.96 Å². The van der Waals surface area contributed by atoms with E-state index in [-0.39, 0.29) is 24.8 Å². The summed E-state index contributed by atoms with van der Waals surface area (Å²) in [4.78, 5) is 26.8. The number of hydrogen-bond acceptors (Lipinski definition) is 3. The van der Waals surface area contributed by atoms with E-state index < -0.39 is 12.0 Å². The molecule has 7 heteroatoms. The van der Waals surface area contributed by atoms with Crippen LogP contribution in [-0.2, 0) is 9.59 Å². The van der Waals surface area contributed by atoms with E-state index >= 15 is 0 Å². The highest BCUT2D eigenvalue weighted by Gasteiger charge is 2.18. The van der Waals surface area contributed by atoms with Gasteiger partial charge in [0.1, 0.15) is 6.04 Å². The van der Waals surface area contributed by atoms with Gasteiger partial charge >= 0.3 is 5.97 Å². The highest BCUT2D eigenvalue weighted by Crippen LogP contribution is 2.09. The van der Waals surface area contributed by atoms with Crippen molar-refractivity contribution in [2.24, 2.45) is 16.5 Å². The lowest BCUT2D eigenvalue weighted by molar-refractivity contribution is -0.142. The fourth-order valence-electron chi connectivity index (χ4n) is 2.67. The second-order valence-corrected chi connectivity index (χ2v) is 6.83. The standard InChI is InChI=1S/C20H38N4O3/c1-2-3-4-5-6-7-8-9-10-11-12-13-14-18(25)24-17(19(26)27)15-16-23-20(21)22/h6-7,17H,2-5,8-16H2,1H3,(H,24,25)(H,26,27)(H4,21,22,23)/b7-6-/t17-/m0/s1. The minimum atomic E-state index is -1.07. The number of nitrogens with zero attached hydrogens (tertiary/aromatic N) is 1. The third-order valence-corrected chi connectivity index (χ3v) is 4.26. The molecule has 0 radical (unpaired) electrons. The number of allylic oxidation sites excluding steroid dienone is 2. The molecule has 0 heterocycles. The number of carboxylic acid groups (broad SMARTS) is 1. The summed E-state index contributed by atoms with van der Waals surface area (Å²) in [6.45, 7) is 2.39. The Labute approximate surface area is 163 Å². The van der Waals surface area contributed by atoms with Gasteiger partial charge < -0.3 is 21.9 Å². The van der Waals surface area contributed by atoms with Crippen LogP contribution in [0, 0.1) is 0 Å². The highest BCUT2D eigenvalue weighted by molar-refractivity contribution is 5.83. The predicted octanol–water partition coefficient (Wildman–Crippen LogP) is 3.09. The van der Waals surface area contributed by atoms with Crippen LogP contribution in [0.1, 0.15) is 84.0 Å². The van der Waals surface area contributed by atoms with Gasteiger partial charge in [0.05, 0.1) is 0 Å². The van der Waals surface area contributed by atoms with E-state index in [4.69, 9.17) is 16.6 Å². The summed E-state index contributed by atoms with van der Waals surface area (Å²) in [6.07, 6.45) is 16.5. The van der Waals surface area contributed by atoms with Crippen LogP contribution in [0.4, 0.5) is 0 Å². The number of nitrogens with two attached hydrogens (primary N) is 2. The largest absolute Gasteiger partial charge is 0.480 e. The van der Waals surface area contributed by atoms with Crippen molar-refractivity contribution in [2.45, 2.75) is 90.0 Å².